The summed E-state index contributed by atoms with van der Waals surface area (Å²) in [5.41, 5.74) is 1.72. The fourth-order valence-electron chi connectivity index (χ4n) is 7.73. The minimum atomic E-state index is -0.585. The maximum absolute atomic E-state index is 13.7. The van der Waals surface area contributed by atoms with Crippen molar-refractivity contribution in [3.63, 3.8) is 0 Å². The monoisotopic (exact) mass is 674 g/mol. The molecule has 4 aliphatic rings. The molecule has 2 aromatic carbocycles. The number of nitrogens with one attached hydrogen (secondary N) is 1. The number of aromatic nitrogens is 1. The molecule has 2 saturated carbocycles. The Balaban J connectivity index is 1.21. The minimum Gasteiger partial charge on any atom is -0.493 e. The molecule has 230 valence electrons. The summed E-state index contributed by atoms with van der Waals surface area (Å²) in [6.07, 6.45) is 0.748. The number of H-pyrrole nitrogens is 1. The number of thioether (sulfide) groups is 1. The van der Waals surface area contributed by atoms with Crippen molar-refractivity contribution in [2.24, 2.45) is 29.6 Å². The molecule has 1 aromatic heterocycles. The lowest BCUT2D eigenvalue weighted by atomic mass is 9.68. The number of carbonyl (C=O) groups is 3. The summed E-state index contributed by atoms with van der Waals surface area (Å²) in [6.45, 7) is 1.72. The number of halogens is 2. The largest absolute Gasteiger partial charge is 0.493 e. The second-order valence-corrected chi connectivity index (χ2v) is 14.5. The van der Waals surface area contributed by atoms with Gasteiger partial charge in [-0.3, -0.25) is 24.1 Å². The van der Waals surface area contributed by atoms with Crippen LogP contribution in [0.2, 0.25) is 10.0 Å². The minimum absolute atomic E-state index is 0.00819. The van der Waals surface area contributed by atoms with Gasteiger partial charge in [-0.15, -0.1) is 11.8 Å². The lowest BCUT2D eigenvalue weighted by molar-refractivity contribution is -0.153. The maximum Gasteiger partial charge on any atom is 0.326 e. The average molecular weight is 676 g/mol. The highest BCUT2D eigenvalue weighted by Gasteiger charge is 2.69. The predicted molar refractivity (Wildman–Crippen MR) is 166 cm³/mol. The number of fused-ring (bicyclic) bond motifs is 9. The third-order valence-electron chi connectivity index (χ3n) is 9.35. The van der Waals surface area contributed by atoms with Gasteiger partial charge in [0.1, 0.15) is 13.2 Å². The molecule has 3 fully saturated rings. The standard InChI is InChI=1S/C31H28Cl2N2O7S2/c1-3-41-21(36)11-35-29(37)24-16-10-17(25(24)30(35)38)26-23(16)22(27-28(43-26)34-31(39)44-27)13-5-7-19(20(8-13)40-2)42-12-14-4-6-15(32)9-18(14)33/h4-9,16-17,22-26H,3,10-12H2,1-2H3,(H,34,39). The molecule has 1 saturated heterocycles. The molecule has 1 N–H and O–H groups in total. The molecule has 0 radical (unpaired) electrons. The Bertz CT molecular complexity index is 1740. The van der Waals surface area contributed by atoms with Crippen LogP contribution in [0.15, 0.2) is 46.2 Å². The van der Waals surface area contributed by atoms with E-state index in [9.17, 15) is 19.2 Å². The molecule has 3 heterocycles. The van der Waals surface area contributed by atoms with Crippen LogP contribution in [0.4, 0.5) is 0 Å². The predicted octanol–water partition coefficient (Wildman–Crippen LogP) is 5.37. The second-order valence-electron chi connectivity index (χ2n) is 11.5. The van der Waals surface area contributed by atoms with Crippen molar-refractivity contribution in [2.75, 3.05) is 20.3 Å². The highest BCUT2D eigenvalue weighted by Crippen LogP contribution is 2.68. The van der Waals surface area contributed by atoms with Crippen LogP contribution in [0.5, 0.6) is 11.5 Å². The van der Waals surface area contributed by atoms with E-state index >= 15 is 0 Å². The number of thiazole rings is 1. The molecular formula is C31H28Cl2N2O7S2. The van der Waals surface area contributed by atoms with Gasteiger partial charge in [0.15, 0.2) is 11.5 Å². The van der Waals surface area contributed by atoms with E-state index in [2.05, 4.69) is 4.98 Å². The van der Waals surface area contributed by atoms with Crippen molar-refractivity contribution >= 4 is 64.1 Å². The van der Waals surface area contributed by atoms with Gasteiger partial charge in [-0.1, -0.05) is 46.7 Å². The number of likely N-dealkylation sites (tertiary alicyclic amines) is 1. The Hall–Kier alpha value is -2.99. The van der Waals surface area contributed by atoms with Crippen LogP contribution < -0.4 is 14.3 Å². The van der Waals surface area contributed by atoms with E-state index in [1.54, 1.807) is 37.9 Å². The van der Waals surface area contributed by atoms with Gasteiger partial charge in [0.05, 0.1) is 30.6 Å². The SMILES string of the molecule is CCOC(=O)CN1C(=O)C2C3CC(C2C1=O)C1C(c2ccc(OCc4ccc(Cl)cc4Cl)c(OC)c2)c2sc(=O)[nH]c2SC31. The zero-order chi connectivity index (χ0) is 30.9. The highest BCUT2D eigenvalue weighted by atomic mass is 35.5. The zero-order valence-electron chi connectivity index (χ0n) is 23.7. The normalized spacial score (nSPS) is 28.1. The molecule has 9 nitrogen and oxygen atoms in total. The third-order valence-corrected chi connectivity index (χ3v) is 12.5. The first kappa shape index (κ1) is 29.7. The molecular weight excluding hydrogens is 647 g/mol. The first-order valence-electron chi connectivity index (χ1n) is 14.3. The van der Waals surface area contributed by atoms with Crippen molar-refractivity contribution < 1.29 is 28.6 Å². The van der Waals surface area contributed by atoms with Gasteiger partial charge in [-0.05, 0) is 60.9 Å². The zero-order valence-corrected chi connectivity index (χ0v) is 26.9. The number of benzene rings is 2. The number of esters is 1. The molecule has 0 spiro atoms. The summed E-state index contributed by atoms with van der Waals surface area (Å²) < 4.78 is 16.9. The summed E-state index contributed by atoms with van der Waals surface area (Å²) in [6, 6.07) is 11.0. The number of hydrogen-bond acceptors (Lipinski definition) is 9. The number of carbonyl (C=O) groups excluding carboxylic acids is 3. The summed E-state index contributed by atoms with van der Waals surface area (Å²) in [4.78, 5) is 56.9. The quantitative estimate of drug-likeness (QED) is 0.251. The second kappa shape index (κ2) is 11.4. The Kier molecular flexibility index (Phi) is 7.71. The highest BCUT2D eigenvalue weighted by molar-refractivity contribution is 8.00. The van der Waals surface area contributed by atoms with Crippen molar-refractivity contribution in [1.29, 1.82) is 0 Å². The summed E-state index contributed by atoms with van der Waals surface area (Å²) >= 11 is 15.2. The Morgan fingerprint density at radius 1 is 1.05 bits per heavy atom. The molecule has 3 aromatic rings. The van der Waals surface area contributed by atoms with E-state index in [1.807, 2.05) is 24.3 Å². The first-order valence-corrected chi connectivity index (χ1v) is 16.8. The maximum atomic E-state index is 13.7. The van der Waals surface area contributed by atoms with Gasteiger partial charge in [0.2, 0.25) is 11.8 Å². The molecule has 2 aliphatic carbocycles. The number of methoxy groups -OCH3 is 1. The number of aromatic amines is 1. The van der Waals surface area contributed by atoms with Gasteiger partial charge < -0.3 is 19.2 Å². The van der Waals surface area contributed by atoms with Crippen molar-refractivity contribution in [2.45, 2.75) is 36.1 Å². The van der Waals surface area contributed by atoms with Gasteiger partial charge in [-0.2, -0.15) is 0 Å². The van der Waals surface area contributed by atoms with Gasteiger partial charge in [0, 0.05) is 31.7 Å². The Morgan fingerprint density at radius 3 is 2.55 bits per heavy atom. The molecule has 13 heteroatoms. The van der Waals surface area contributed by atoms with Gasteiger partial charge >= 0.3 is 10.8 Å². The molecule has 7 unspecified atom stereocenters. The van der Waals surface area contributed by atoms with Crippen molar-refractivity contribution in [3.8, 4) is 11.5 Å². The number of ether oxygens (including phenoxy) is 3. The summed E-state index contributed by atoms with van der Waals surface area (Å²) in [5.74, 6) is -1.36. The number of rotatable bonds is 8. The fourth-order valence-corrected chi connectivity index (χ4v) is 11.1. The van der Waals surface area contributed by atoms with Crippen molar-refractivity contribution in [3.05, 3.63) is 72.1 Å². The molecule has 2 bridgehead atoms. The van der Waals surface area contributed by atoms with E-state index in [0.29, 0.717) is 21.5 Å². The molecule has 2 aliphatic heterocycles. The van der Waals surface area contributed by atoms with Crippen LogP contribution in [0.3, 0.4) is 0 Å². The number of imide groups is 1. The number of amides is 2. The lowest BCUT2D eigenvalue weighted by Gasteiger charge is -2.43. The van der Waals surface area contributed by atoms with Crippen LogP contribution in [0, 0.1) is 29.6 Å². The topological polar surface area (TPSA) is 115 Å². The number of nitrogens with zero attached hydrogens (tertiary/aromatic N) is 1. The molecule has 7 atom stereocenters. The molecule has 2 amide bonds. The van der Waals surface area contributed by atoms with Crippen LogP contribution >= 0.6 is 46.3 Å². The fraction of sp³-hybridized carbons (Fsp3) is 0.419. The Morgan fingerprint density at radius 2 is 1.82 bits per heavy atom. The summed E-state index contributed by atoms with van der Waals surface area (Å²) in [7, 11) is 1.57. The first-order chi connectivity index (χ1) is 21.2. The van der Waals surface area contributed by atoms with E-state index < -0.39 is 17.8 Å². The number of hydrogen-bond donors (Lipinski definition) is 1. The van der Waals surface area contributed by atoms with E-state index in [1.165, 1.54) is 11.3 Å². The van der Waals surface area contributed by atoms with Crippen molar-refractivity contribution in [1.82, 2.24) is 9.88 Å². The van der Waals surface area contributed by atoms with Crippen LogP contribution in [-0.4, -0.2) is 53.2 Å². The van der Waals surface area contributed by atoms with Crippen LogP contribution in [0.1, 0.15) is 35.3 Å². The molecule has 7 rings (SSSR count). The van der Waals surface area contributed by atoms with Gasteiger partial charge in [-0.25, -0.2) is 0 Å². The Labute approximate surface area is 271 Å². The molecule has 44 heavy (non-hydrogen) atoms. The van der Waals surface area contributed by atoms with Gasteiger partial charge in [0.25, 0.3) is 0 Å². The van der Waals surface area contributed by atoms with E-state index in [-0.39, 0.29) is 65.4 Å². The summed E-state index contributed by atoms with van der Waals surface area (Å²) in [5, 5.41) is 1.88. The van der Waals surface area contributed by atoms with Crippen LogP contribution in [0.25, 0.3) is 0 Å². The lowest BCUT2D eigenvalue weighted by Crippen LogP contribution is -2.42. The third kappa shape index (κ3) is 4.74. The average Bonchev–Trinajstić information content (AvgIpc) is 3.73. The van der Waals surface area contributed by atoms with E-state index in [4.69, 9.17) is 37.4 Å². The van der Waals surface area contributed by atoms with Crippen LogP contribution in [-0.2, 0) is 25.7 Å². The smallest absolute Gasteiger partial charge is 0.326 e. The van der Waals surface area contributed by atoms with E-state index in [0.717, 1.165) is 32.4 Å².